The lowest BCUT2D eigenvalue weighted by atomic mass is 9.88. The zero-order valence-electron chi connectivity index (χ0n) is 13.3. The number of pyridine rings is 1. The number of anilines is 1. The molecular weight excluding hydrogens is 260 g/mol. The van der Waals surface area contributed by atoms with Crippen LogP contribution in [0.5, 0.6) is 5.75 Å². The summed E-state index contributed by atoms with van der Waals surface area (Å²) < 4.78 is 5.36. The van der Waals surface area contributed by atoms with E-state index >= 15 is 0 Å². The molecule has 0 bridgehead atoms. The summed E-state index contributed by atoms with van der Waals surface area (Å²) in [5.74, 6) is 1.85. The maximum Gasteiger partial charge on any atom is 0.125 e. The lowest BCUT2D eigenvalue weighted by Gasteiger charge is -2.18. The van der Waals surface area contributed by atoms with E-state index < -0.39 is 0 Å². The zero-order chi connectivity index (χ0) is 15.3. The first-order valence-electron chi connectivity index (χ1n) is 7.33. The van der Waals surface area contributed by atoms with Gasteiger partial charge in [-0.15, -0.1) is 0 Å². The highest BCUT2D eigenvalue weighted by Gasteiger charge is 2.13. The van der Waals surface area contributed by atoms with Gasteiger partial charge < -0.3 is 10.1 Å². The van der Waals surface area contributed by atoms with Crippen LogP contribution in [0.3, 0.4) is 0 Å². The average Bonchev–Trinajstić information content (AvgIpc) is 2.47. The van der Waals surface area contributed by atoms with Crippen LogP contribution in [0.15, 0.2) is 42.6 Å². The van der Waals surface area contributed by atoms with Gasteiger partial charge in [0, 0.05) is 12.7 Å². The van der Waals surface area contributed by atoms with E-state index in [1.54, 1.807) is 7.11 Å². The highest BCUT2D eigenvalue weighted by molar-refractivity contribution is 5.38. The van der Waals surface area contributed by atoms with Crippen LogP contribution in [0, 0.1) is 0 Å². The Morgan fingerprint density at radius 2 is 1.86 bits per heavy atom. The number of methoxy groups -OCH3 is 1. The molecule has 0 aliphatic rings. The summed E-state index contributed by atoms with van der Waals surface area (Å²) >= 11 is 0. The number of hydrogen-bond acceptors (Lipinski definition) is 3. The highest BCUT2D eigenvalue weighted by Crippen LogP contribution is 2.22. The van der Waals surface area contributed by atoms with Gasteiger partial charge in [-0.2, -0.15) is 0 Å². The van der Waals surface area contributed by atoms with Crippen LogP contribution in [0.4, 0.5) is 5.82 Å². The maximum absolute atomic E-state index is 5.36. The fourth-order valence-corrected chi connectivity index (χ4v) is 2.18. The van der Waals surface area contributed by atoms with Gasteiger partial charge in [-0.3, -0.25) is 0 Å². The first-order chi connectivity index (χ1) is 10.0. The summed E-state index contributed by atoms with van der Waals surface area (Å²) in [4.78, 5) is 4.48. The van der Waals surface area contributed by atoms with Crippen molar-refractivity contribution >= 4 is 5.82 Å². The standard InChI is InChI=1S/C18H24N2O/c1-18(2,3)15-9-10-17(20-13-15)19-12-11-14-7-5-6-8-16(14)21-4/h5-10,13H,11-12H2,1-4H3,(H,19,20). The second-order valence-electron chi connectivity index (χ2n) is 6.17. The van der Waals surface area contributed by atoms with E-state index in [4.69, 9.17) is 4.74 Å². The number of benzene rings is 1. The van der Waals surface area contributed by atoms with Crippen LogP contribution in [0.25, 0.3) is 0 Å². The molecule has 0 fully saturated rings. The predicted molar refractivity (Wildman–Crippen MR) is 88.1 cm³/mol. The largest absolute Gasteiger partial charge is 0.496 e. The van der Waals surface area contributed by atoms with Crippen LogP contribution < -0.4 is 10.1 Å². The van der Waals surface area contributed by atoms with Crippen LogP contribution in [0.1, 0.15) is 31.9 Å². The first-order valence-corrected chi connectivity index (χ1v) is 7.33. The van der Waals surface area contributed by atoms with Gasteiger partial charge in [0.2, 0.25) is 0 Å². The minimum atomic E-state index is 0.142. The molecule has 1 aromatic carbocycles. The number of hydrogen-bond donors (Lipinski definition) is 1. The number of para-hydroxylation sites is 1. The molecule has 1 heterocycles. The quantitative estimate of drug-likeness (QED) is 0.899. The van der Waals surface area contributed by atoms with Gasteiger partial charge in [-0.1, -0.05) is 45.0 Å². The van der Waals surface area contributed by atoms with E-state index in [1.165, 1.54) is 11.1 Å². The topological polar surface area (TPSA) is 34.1 Å². The molecule has 1 N–H and O–H groups in total. The molecule has 0 amide bonds. The molecule has 3 nitrogen and oxygen atoms in total. The molecule has 0 aliphatic carbocycles. The lowest BCUT2D eigenvalue weighted by molar-refractivity contribution is 0.410. The number of nitrogens with one attached hydrogen (secondary N) is 1. The molecule has 0 saturated heterocycles. The molecule has 0 radical (unpaired) electrons. The monoisotopic (exact) mass is 284 g/mol. The van der Waals surface area contributed by atoms with Crippen LogP contribution in [0.2, 0.25) is 0 Å². The van der Waals surface area contributed by atoms with Crippen molar-refractivity contribution in [2.75, 3.05) is 19.0 Å². The summed E-state index contributed by atoms with van der Waals surface area (Å²) in [6.45, 7) is 7.42. The van der Waals surface area contributed by atoms with E-state index in [0.29, 0.717) is 0 Å². The van der Waals surface area contributed by atoms with Crippen LogP contribution in [-0.2, 0) is 11.8 Å². The smallest absolute Gasteiger partial charge is 0.125 e. The Bertz CT molecular complexity index is 571. The SMILES string of the molecule is COc1ccccc1CCNc1ccc(C(C)(C)C)cn1. The van der Waals surface area contributed by atoms with Crippen molar-refractivity contribution in [3.05, 3.63) is 53.7 Å². The molecule has 0 saturated carbocycles. The molecule has 1 aromatic heterocycles. The zero-order valence-corrected chi connectivity index (χ0v) is 13.3. The van der Waals surface area contributed by atoms with E-state index in [-0.39, 0.29) is 5.41 Å². The Morgan fingerprint density at radius 3 is 2.48 bits per heavy atom. The summed E-state index contributed by atoms with van der Waals surface area (Å²) in [6, 6.07) is 12.3. The minimum absolute atomic E-state index is 0.142. The van der Waals surface area contributed by atoms with Crippen molar-refractivity contribution in [3.8, 4) is 5.75 Å². The van der Waals surface area contributed by atoms with Crippen molar-refractivity contribution in [3.63, 3.8) is 0 Å². The fraction of sp³-hybridized carbons (Fsp3) is 0.389. The third kappa shape index (κ3) is 4.22. The highest BCUT2D eigenvalue weighted by atomic mass is 16.5. The maximum atomic E-state index is 5.36. The first kappa shape index (κ1) is 15.4. The lowest BCUT2D eigenvalue weighted by Crippen LogP contribution is -2.12. The van der Waals surface area contributed by atoms with Crippen LogP contribution in [-0.4, -0.2) is 18.6 Å². The number of ether oxygens (including phenoxy) is 1. The molecular formula is C18H24N2O. The van der Waals surface area contributed by atoms with Gasteiger partial charge >= 0.3 is 0 Å². The van der Waals surface area contributed by atoms with Gasteiger partial charge in [0.1, 0.15) is 11.6 Å². The molecule has 0 spiro atoms. The van der Waals surface area contributed by atoms with Gasteiger partial charge in [-0.05, 0) is 35.1 Å². The molecule has 112 valence electrons. The van der Waals surface area contributed by atoms with Crippen LogP contribution >= 0.6 is 0 Å². The molecule has 21 heavy (non-hydrogen) atoms. The predicted octanol–water partition coefficient (Wildman–Crippen LogP) is 4.04. The van der Waals surface area contributed by atoms with E-state index in [1.807, 2.05) is 30.5 Å². The minimum Gasteiger partial charge on any atom is -0.496 e. The Hall–Kier alpha value is -2.03. The van der Waals surface area contributed by atoms with Gasteiger partial charge in [-0.25, -0.2) is 4.98 Å². The molecule has 0 unspecified atom stereocenters. The van der Waals surface area contributed by atoms with Gasteiger partial charge in [0.25, 0.3) is 0 Å². The van der Waals surface area contributed by atoms with Crippen molar-refractivity contribution in [1.82, 2.24) is 4.98 Å². The molecule has 2 rings (SSSR count). The Labute approximate surface area is 127 Å². The molecule has 0 aliphatic heterocycles. The van der Waals surface area contributed by atoms with Crippen molar-refractivity contribution in [1.29, 1.82) is 0 Å². The molecule has 3 heteroatoms. The van der Waals surface area contributed by atoms with Gasteiger partial charge in [0.05, 0.1) is 7.11 Å². The van der Waals surface area contributed by atoms with Crippen molar-refractivity contribution in [2.24, 2.45) is 0 Å². The van der Waals surface area contributed by atoms with Crippen molar-refractivity contribution < 1.29 is 4.74 Å². The number of aromatic nitrogens is 1. The molecule has 0 atom stereocenters. The number of rotatable bonds is 5. The van der Waals surface area contributed by atoms with Gasteiger partial charge in [0.15, 0.2) is 0 Å². The van der Waals surface area contributed by atoms with E-state index in [0.717, 1.165) is 24.5 Å². The second kappa shape index (κ2) is 6.61. The third-order valence-electron chi connectivity index (χ3n) is 3.52. The normalized spacial score (nSPS) is 11.2. The molecule has 2 aromatic rings. The Balaban J connectivity index is 1.92. The van der Waals surface area contributed by atoms with Crippen molar-refractivity contribution in [2.45, 2.75) is 32.6 Å². The summed E-state index contributed by atoms with van der Waals surface area (Å²) in [5.41, 5.74) is 2.60. The Morgan fingerprint density at radius 1 is 1.10 bits per heavy atom. The average molecular weight is 284 g/mol. The summed E-state index contributed by atoms with van der Waals surface area (Å²) in [7, 11) is 1.71. The number of nitrogens with zero attached hydrogens (tertiary/aromatic N) is 1. The van der Waals surface area contributed by atoms with E-state index in [2.05, 4.69) is 43.2 Å². The fourth-order valence-electron chi connectivity index (χ4n) is 2.18. The summed E-state index contributed by atoms with van der Waals surface area (Å²) in [6.07, 6.45) is 2.86. The second-order valence-corrected chi connectivity index (χ2v) is 6.17. The summed E-state index contributed by atoms with van der Waals surface area (Å²) in [5, 5.41) is 3.36. The Kier molecular flexibility index (Phi) is 4.84. The van der Waals surface area contributed by atoms with E-state index in [9.17, 15) is 0 Å². The third-order valence-corrected chi connectivity index (χ3v) is 3.52.